The third-order valence-corrected chi connectivity index (χ3v) is 15.1. The Morgan fingerprint density at radius 2 is 1.67 bits per heavy atom. The number of hydrogen-bond donors (Lipinski definition) is 5. The van der Waals surface area contributed by atoms with Crippen molar-refractivity contribution < 1.29 is 46.8 Å². The zero-order valence-corrected chi connectivity index (χ0v) is 28.2. The molecule has 15 atom stereocenters. The van der Waals surface area contributed by atoms with Gasteiger partial charge < -0.3 is 20.2 Å². The normalized spacial score (nSPS) is 48.3. The minimum absolute atomic E-state index is 0.0721. The number of phosphoric acid groups is 1. The summed E-state index contributed by atoms with van der Waals surface area (Å²) in [4.78, 5) is 10.6. The summed E-state index contributed by atoms with van der Waals surface area (Å²) in [7, 11) is -7.82. The summed E-state index contributed by atoms with van der Waals surface area (Å²) in [6, 6.07) is 0. The van der Waals surface area contributed by atoms with Gasteiger partial charge in [0, 0.05) is 13.0 Å². The highest BCUT2D eigenvalue weighted by atomic mass is 32.2. The van der Waals surface area contributed by atoms with Gasteiger partial charge in [0.15, 0.2) is 0 Å². The molecule has 4 aliphatic rings. The molecule has 0 saturated heterocycles. The summed E-state index contributed by atoms with van der Waals surface area (Å²) < 4.78 is 57.4. The lowest BCUT2D eigenvalue weighted by atomic mass is 9.45. The molecule has 0 aromatic carbocycles. The van der Waals surface area contributed by atoms with Crippen LogP contribution in [0.3, 0.4) is 0 Å². The molecule has 4 aliphatic carbocycles. The second kappa shape index (κ2) is 11.6. The van der Waals surface area contributed by atoms with Crippen LogP contribution in [-0.4, -0.2) is 70.0 Å². The second-order valence-corrected chi connectivity index (χ2v) is 18.2. The summed E-state index contributed by atoms with van der Waals surface area (Å²) in [6.07, 6.45) is 0.221. The Balaban J connectivity index is 1.80. The predicted octanol–water partition coefficient (Wildman–Crippen LogP) is 4.51. The first-order chi connectivity index (χ1) is 19.2. The van der Waals surface area contributed by atoms with Gasteiger partial charge >= 0.3 is 7.82 Å². The molecule has 11 unspecified atom stereocenters. The molecule has 0 aromatic rings. The average molecular weight is 639 g/mol. The monoisotopic (exact) mass is 638 g/mol. The topological polar surface area (TPSA) is 171 Å². The molecule has 0 radical (unpaired) electrons. The fourth-order valence-corrected chi connectivity index (χ4v) is 12.3. The van der Waals surface area contributed by atoms with Crippen LogP contribution in [0.25, 0.3) is 0 Å². The Labute approximate surface area is 252 Å². The van der Waals surface area contributed by atoms with E-state index in [4.69, 9.17) is 9.05 Å². The Kier molecular flexibility index (Phi) is 9.61. The Morgan fingerprint density at radius 1 is 1.05 bits per heavy atom. The van der Waals surface area contributed by atoms with Crippen molar-refractivity contribution in [3.63, 3.8) is 0 Å². The lowest BCUT2D eigenvalue weighted by molar-refractivity contribution is -0.226. The van der Waals surface area contributed by atoms with Crippen molar-refractivity contribution in [2.75, 3.05) is 12.9 Å². The molecule has 0 aromatic heterocycles. The maximum atomic E-state index is 13.0. The third-order valence-electron chi connectivity index (χ3n) is 13.2. The first-order valence-corrected chi connectivity index (χ1v) is 18.9. The Bertz CT molecular complexity index is 1150. The fourth-order valence-electron chi connectivity index (χ4n) is 10.7. The van der Waals surface area contributed by atoms with E-state index in [1.807, 2.05) is 6.92 Å². The number of fused-ring (bicyclic) bond motifs is 5. The SMILES string of the molecule is CCC(CC1C(OP(=O)(O)OC)[C@H]2C3C(O)C(O)C4C(C)(CC[C@@]4(O)CS(=O)(=O)O)[C@H]3CCC2(C)[C@H]1C)C(C)C(C)C. The van der Waals surface area contributed by atoms with Crippen LogP contribution in [0.2, 0.25) is 0 Å². The van der Waals surface area contributed by atoms with Crippen LogP contribution < -0.4 is 0 Å². The molecular formula is C30H55O10PS. The van der Waals surface area contributed by atoms with Crippen LogP contribution in [0.15, 0.2) is 0 Å². The lowest BCUT2D eigenvalue weighted by Crippen LogP contribution is -2.66. The summed E-state index contributed by atoms with van der Waals surface area (Å²) in [6.45, 7) is 15.1. The number of phosphoric ester groups is 1. The molecule has 42 heavy (non-hydrogen) atoms. The lowest BCUT2D eigenvalue weighted by Gasteiger charge is -2.61. The maximum absolute atomic E-state index is 13.0. The zero-order valence-electron chi connectivity index (χ0n) is 26.5. The van der Waals surface area contributed by atoms with Gasteiger partial charge in [0.05, 0.1) is 23.9 Å². The second-order valence-electron chi connectivity index (χ2n) is 15.2. The summed E-state index contributed by atoms with van der Waals surface area (Å²) in [5.41, 5.74) is -2.97. The van der Waals surface area contributed by atoms with Crippen molar-refractivity contribution >= 4 is 17.9 Å². The molecule has 0 heterocycles. The number of rotatable bonds is 10. The van der Waals surface area contributed by atoms with E-state index in [1.54, 1.807) is 0 Å². The molecule has 4 saturated carbocycles. The minimum atomic E-state index is -4.55. The van der Waals surface area contributed by atoms with Gasteiger partial charge in [-0.3, -0.25) is 13.6 Å². The first-order valence-electron chi connectivity index (χ1n) is 15.8. The van der Waals surface area contributed by atoms with Crippen LogP contribution in [0, 0.1) is 64.1 Å². The quantitative estimate of drug-likeness (QED) is 0.169. The van der Waals surface area contributed by atoms with E-state index in [0.29, 0.717) is 30.6 Å². The molecule has 0 aliphatic heterocycles. The molecule has 12 heteroatoms. The molecule has 0 spiro atoms. The van der Waals surface area contributed by atoms with Gasteiger partial charge in [0.1, 0.15) is 5.75 Å². The summed E-state index contributed by atoms with van der Waals surface area (Å²) >= 11 is 0. The van der Waals surface area contributed by atoms with Crippen molar-refractivity contribution in [2.24, 2.45) is 64.1 Å². The van der Waals surface area contributed by atoms with E-state index in [2.05, 4.69) is 41.5 Å². The van der Waals surface area contributed by atoms with Gasteiger partial charge in [0.25, 0.3) is 10.1 Å². The standard InChI is InChI=1S/C30H55O10PS/c1-9-19(17(4)16(2)3)14-20-18(5)28(6)11-10-21-22(23(28)26(20)40-41(34,35)39-8)24(31)25(32)27-29(21,7)12-13-30(27,33)15-42(36,37)38/h16-27,31-33H,9-15H2,1-8H3,(H,34,35)(H,36,37,38)/t17?,18-,19?,20?,21-,22?,23+,24?,25?,26?,27?,28?,29?,30+/m0/s1. The van der Waals surface area contributed by atoms with Crippen LogP contribution in [0.1, 0.15) is 87.0 Å². The van der Waals surface area contributed by atoms with Gasteiger partial charge in [-0.05, 0) is 90.3 Å². The average Bonchev–Trinajstić information content (AvgIpc) is 3.26. The van der Waals surface area contributed by atoms with Crippen LogP contribution in [-0.2, 0) is 23.7 Å². The number of aliphatic hydroxyl groups excluding tert-OH is 2. The van der Waals surface area contributed by atoms with Gasteiger partial charge in [-0.2, -0.15) is 8.42 Å². The first kappa shape index (κ1) is 34.8. The van der Waals surface area contributed by atoms with Crippen LogP contribution >= 0.6 is 7.82 Å². The van der Waals surface area contributed by atoms with E-state index in [9.17, 15) is 37.7 Å². The van der Waals surface area contributed by atoms with Gasteiger partial charge in [-0.25, -0.2) is 4.57 Å². The summed E-state index contributed by atoms with van der Waals surface area (Å²) in [5.74, 6) is -1.70. The molecule has 4 fully saturated rings. The van der Waals surface area contributed by atoms with Crippen molar-refractivity contribution in [1.82, 2.24) is 0 Å². The van der Waals surface area contributed by atoms with Crippen molar-refractivity contribution in [3.8, 4) is 0 Å². The van der Waals surface area contributed by atoms with E-state index in [0.717, 1.165) is 26.4 Å². The molecule has 10 nitrogen and oxygen atoms in total. The van der Waals surface area contributed by atoms with Crippen molar-refractivity contribution in [3.05, 3.63) is 0 Å². The van der Waals surface area contributed by atoms with Crippen LogP contribution in [0.4, 0.5) is 0 Å². The van der Waals surface area contributed by atoms with Crippen molar-refractivity contribution in [2.45, 2.75) is 111 Å². The number of hydrogen-bond acceptors (Lipinski definition) is 8. The van der Waals surface area contributed by atoms with E-state index in [1.165, 1.54) is 0 Å². The third kappa shape index (κ3) is 5.70. The number of aliphatic hydroxyl groups is 3. The van der Waals surface area contributed by atoms with E-state index >= 15 is 0 Å². The van der Waals surface area contributed by atoms with E-state index in [-0.39, 0.29) is 35.5 Å². The largest absolute Gasteiger partial charge is 0.472 e. The predicted molar refractivity (Wildman–Crippen MR) is 159 cm³/mol. The molecular weight excluding hydrogens is 583 g/mol. The Hall–Kier alpha value is -0.100. The molecule has 0 bridgehead atoms. The molecule has 0 amide bonds. The van der Waals surface area contributed by atoms with Gasteiger partial charge in [-0.1, -0.05) is 54.9 Å². The molecule has 4 rings (SSSR count). The summed E-state index contributed by atoms with van der Waals surface area (Å²) in [5, 5.41) is 35.0. The molecule has 246 valence electrons. The van der Waals surface area contributed by atoms with Crippen LogP contribution in [0.5, 0.6) is 0 Å². The minimum Gasteiger partial charge on any atom is -0.390 e. The molecule has 5 N–H and O–H groups in total. The van der Waals surface area contributed by atoms with E-state index < -0.39 is 64.9 Å². The highest BCUT2D eigenvalue weighted by Gasteiger charge is 2.72. The van der Waals surface area contributed by atoms with Gasteiger partial charge in [-0.15, -0.1) is 0 Å². The highest BCUT2D eigenvalue weighted by molar-refractivity contribution is 7.85. The maximum Gasteiger partial charge on any atom is 0.472 e. The van der Waals surface area contributed by atoms with Gasteiger partial charge in [0.2, 0.25) is 0 Å². The highest BCUT2D eigenvalue weighted by Crippen LogP contribution is 2.72. The van der Waals surface area contributed by atoms with Crippen molar-refractivity contribution in [1.29, 1.82) is 0 Å². The fraction of sp³-hybridized carbons (Fsp3) is 1.00. The Morgan fingerprint density at radius 3 is 2.19 bits per heavy atom. The smallest absolute Gasteiger partial charge is 0.390 e. The zero-order chi connectivity index (χ0) is 31.8.